The Hall–Kier alpha value is -1.98. The molecule has 0 radical (unpaired) electrons. The van der Waals surface area contributed by atoms with Gasteiger partial charge in [0, 0.05) is 10.4 Å². The molecule has 0 bridgehead atoms. The Morgan fingerprint density at radius 1 is 1.25 bits per heavy atom. The molecule has 2 aromatic heterocycles. The number of amides is 1. The van der Waals surface area contributed by atoms with Crippen molar-refractivity contribution in [3.63, 3.8) is 0 Å². The summed E-state index contributed by atoms with van der Waals surface area (Å²) in [5.41, 5.74) is 3.21. The molecule has 0 saturated carbocycles. The van der Waals surface area contributed by atoms with E-state index in [4.69, 9.17) is 0 Å². The molecule has 0 saturated heterocycles. The monoisotopic (exact) mass is 354 g/mol. The molecule has 0 aliphatic heterocycles. The fourth-order valence-corrected chi connectivity index (χ4v) is 5.05. The molecule has 1 amide bonds. The number of carbonyl (C=O) groups is 1. The maximum Gasteiger partial charge on any atom is 0.268 e. The van der Waals surface area contributed by atoms with Crippen LogP contribution in [0.25, 0.3) is 11.1 Å². The highest BCUT2D eigenvalue weighted by Gasteiger charge is 2.21. The molecule has 1 aliphatic rings. The number of thiazole rings is 1. The smallest absolute Gasteiger partial charge is 0.268 e. The molecular weight excluding hydrogens is 336 g/mol. The van der Waals surface area contributed by atoms with E-state index in [1.165, 1.54) is 28.3 Å². The molecule has 1 N–H and O–H groups in total. The van der Waals surface area contributed by atoms with Crippen LogP contribution < -0.4 is 5.32 Å². The lowest BCUT2D eigenvalue weighted by Crippen LogP contribution is -2.11. The van der Waals surface area contributed by atoms with Gasteiger partial charge in [0.25, 0.3) is 5.91 Å². The molecule has 2 heterocycles. The second-order valence-electron chi connectivity index (χ2n) is 6.22. The van der Waals surface area contributed by atoms with Gasteiger partial charge in [0.2, 0.25) is 0 Å². The minimum atomic E-state index is -0.0667. The second-order valence-corrected chi connectivity index (χ2v) is 8.22. The average Bonchev–Trinajstić information content (AvgIpc) is 3.21. The number of hydrogen-bond acceptors (Lipinski definition) is 4. The van der Waals surface area contributed by atoms with Gasteiger partial charge in [-0.2, -0.15) is 0 Å². The van der Waals surface area contributed by atoms with Gasteiger partial charge in [-0.15, -0.1) is 22.7 Å². The summed E-state index contributed by atoms with van der Waals surface area (Å²) >= 11 is 3.10. The van der Waals surface area contributed by atoms with Crippen molar-refractivity contribution >= 4 is 33.7 Å². The second kappa shape index (κ2) is 6.49. The van der Waals surface area contributed by atoms with Crippen molar-refractivity contribution in [1.29, 1.82) is 0 Å². The van der Waals surface area contributed by atoms with Crippen LogP contribution in [0.1, 0.15) is 33.6 Å². The van der Waals surface area contributed by atoms with Crippen molar-refractivity contribution < 1.29 is 4.79 Å². The predicted octanol–water partition coefficient (Wildman–Crippen LogP) is 5.25. The van der Waals surface area contributed by atoms with Gasteiger partial charge in [0.1, 0.15) is 4.88 Å². The van der Waals surface area contributed by atoms with Crippen LogP contribution in [0.5, 0.6) is 0 Å². The molecular formula is C19H18N2OS2. The Morgan fingerprint density at radius 3 is 2.92 bits per heavy atom. The first-order valence-corrected chi connectivity index (χ1v) is 9.83. The number of benzene rings is 1. The van der Waals surface area contributed by atoms with Crippen LogP contribution in [-0.4, -0.2) is 10.9 Å². The summed E-state index contributed by atoms with van der Waals surface area (Å²) in [6.07, 6.45) is 3.29. The molecule has 24 heavy (non-hydrogen) atoms. The topological polar surface area (TPSA) is 42.0 Å². The number of anilines is 1. The number of carbonyl (C=O) groups excluding carboxylic acids is 1. The van der Waals surface area contributed by atoms with Gasteiger partial charge in [0.15, 0.2) is 5.13 Å². The van der Waals surface area contributed by atoms with E-state index in [0.29, 0.717) is 5.92 Å². The maximum absolute atomic E-state index is 12.7. The predicted molar refractivity (Wildman–Crippen MR) is 101 cm³/mol. The highest BCUT2D eigenvalue weighted by Crippen LogP contribution is 2.33. The molecule has 122 valence electrons. The summed E-state index contributed by atoms with van der Waals surface area (Å²) in [4.78, 5) is 19.4. The Balaban J connectivity index is 1.57. The van der Waals surface area contributed by atoms with Crippen molar-refractivity contribution in [2.24, 2.45) is 5.92 Å². The maximum atomic E-state index is 12.7. The zero-order valence-electron chi connectivity index (χ0n) is 13.4. The van der Waals surface area contributed by atoms with Crippen LogP contribution in [0, 0.1) is 5.92 Å². The Morgan fingerprint density at radius 2 is 2.08 bits per heavy atom. The van der Waals surface area contributed by atoms with Gasteiger partial charge in [-0.3, -0.25) is 10.1 Å². The number of nitrogens with zero attached hydrogens (tertiary/aromatic N) is 1. The standard InChI is InChI=1S/C19H18N2OS2/c1-12-7-8-15-16(11-12)24-19(20-15)21-18(22)17-14(9-10-23-17)13-5-3-2-4-6-13/h2-6,9-10,12H,7-8,11H2,1H3,(H,20,21,22). The van der Waals surface area contributed by atoms with Crippen LogP contribution in [0.4, 0.5) is 5.13 Å². The highest BCUT2D eigenvalue weighted by molar-refractivity contribution is 7.16. The number of aromatic nitrogens is 1. The molecule has 5 heteroatoms. The van der Waals surface area contributed by atoms with Gasteiger partial charge in [-0.25, -0.2) is 4.98 Å². The van der Waals surface area contributed by atoms with Gasteiger partial charge in [-0.05, 0) is 42.2 Å². The minimum absolute atomic E-state index is 0.0667. The van der Waals surface area contributed by atoms with Gasteiger partial charge < -0.3 is 0 Å². The molecule has 3 aromatic rings. The van der Waals surface area contributed by atoms with Gasteiger partial charge in [-0.1, -0.05) is 37.3 Å². The van der Waals surface area contributed by atoms with E-state index < -0.39 is 0 Å². The van der Waals surface area contributed by atoms with Crippen molar-refractivity contribution in [3.8, 4) is 11.1 Å². The van der Waals surface area contributed by atoms with E-state index in [-0.39, 0.29) is 5.91 Å². The summed E-state index contributed by atoms with van der Waals surface area (Å²) in [6, 6.07) is 12.0. The number of hydrogen-bond donors (Lipinski definition) is 1. The normalized spacial score (nSPS) is 16.6. The third-order valence-electron chi connectivity index (χ3n) is 4.36. The number of fused-ring (bicyclic) bond motifs is 1. The SMILES string of the molecule is CC1CCc2nc(NC(=O)c3sccc3-c3ccccc3)sc2C1. The fraction of sp³-hybridized carbons (Fsp3) is 0.263. The van der Waals surface area contributed by atoms with Crippen molar-refractivity contribution in [2.45, 2.75) is 26.2 Å². The van der Waals surface area contributed by atoms with Crippen LogP contribution >= 0.6 is 22.7 Å². The van der Waals surface area contributed by atoms with Crippen LogP contribution in [-0.2, 0) is 12.8 Å². The Bertz CT molecular complexity index is 867. The summed E-state index contributed by atoms with van der Waals surface area (Å²) < 4.78 is 0. The summed E-state index contributed by atoms with van der Waals surface area (Å²) in [6.45, 7) is 2.28. The van der Waals surface area contributed by atoms with Gasteiger partial charge >= 0.3 is 0 Å². The van der Waals surface area contributed by atoms with E-state index in [2.05, 4.69) is 17.2 Å². The van der Waals surface area contributed by atoms with Crippen molar-refractivity contribution in [2.75, 3.05) is 5.32 Å². The van der Waals surface area contributed by atoms with E-state index in [1.54, 1.807) is 11.3 Å². The van der Waals surface area contributed by atoms with E-state index in [0.717, 1.165) is 34.0 Å². The summed E-state index contributed by atoms with van der Waals surface area (Å²) in [5.74, 6) is 0.645. The van der Waals surface area contributed by atoms with Crippen LogP contribution in [0.15, 0.2) is 41.8 Å². The lowest BCUT2D eigenvalue weighted by atomic mass is 9.93. The molecule has 0 fully saturated rings. The summed E-state index contributed by atoms with van der Waals surface area (Å²) in [7, 11) is 0. The molecule has 1 atom stereocenters. The molecule has 1 aromatic carbocycles. The van der Waals surface area contributed by atoms with Gasteiger partial charge in [0.05, 0.1) is 5.69 Å². The summed E-state index contributed by atoms with van der Waals surface area (Å²) in [5, 5.41) is 5.70. The fourth-order valence-electron chi connectivity index (χ4n) is 3.08. The van der Waals surface area contributed by atoms with E-state index in [1.807, 2.05) is 41.8 Å². The number of thiophene rings is 1. The van der Waals surface area contributed by atoms with E-state index in [9.17, 15) is 4.79 Å². The van der Waals surface area contributed by atoms with E-state index >= 15 is 0 Å². The number of nitrogens with one attached hydrogen (secondary N) is 1. The number of aryl methyl sites for hydroxylation is 1. The Labute approximate surface area is 149 Å². The number of rotatable bonds is 3. The molecule has 3 nitrogen and oxygen atoms in total. The first-order chi connectivity index (χ1) is 11.7. The lowest BCUT2D eigenvalue weighted by Gasteiger charge is -2.15. The molecule has 0 spiro atoms. The zero-order chi connectivity index (χ0) is 16.5. The van der Waals surface area contributed by atoms with Crippen LogP contribution in [0.3, 0.4) is 0 Å². The third kappa shape index (κ3) is 3.01. The third-order valence-corrected chi connectivity index (χ3v) is 6.31. The minimum Gasteiger partial charge on any atom is -0.297 e. The Kier molecular flexibility index (Phi) is 4.21. The zero-order valence-corrected chi connectivity index (χ0v) is 15.0. The van der Waals surface area contributed by atoms with Crippen molar-refractivity contribution in [3.05, 3.63) is 57.2 Å². The quantitative estimate of drug-likeness (QED) is 0.698. The molecule has 1 unspecified atom stereocenters. The van der Waals surface area contributed by atoms with Crippen molar-refractivity contribution in [1.82, 2.24) is 4.98 Å². The molecule has 4 rings (SSSR count). The largest absolute Gasteiger partial charge is 0.297 e. The first-order valence-electron chi connectivity index (χ1n) is 8.13. The average molecular weight is 355 g/mol. The molecule has 1 aliphatic carbocycles. The first kappa shape index (κ1) is 15.5. The highest BCUT2D eigenvalue weighted by atomic mass is 32.1. The van der Waals surface area contributed by atoms with Crippen LogP contribution in [0.2, 0.25) is 0 Å². The lowest BCUT2D eigenvalue weighted by molar-refractivity contribution is 0.103.